The molecule has 0 saturated carbocycles. The summed E-state index contributed by atoms with van der Waals surface area (Å²) in [6.07, 6.45) is 0. The van der Waals surface area contributed by atoms with Gasteiger partial charge < -0.3 is 9.47 Å². The van der Waals surface area contributed by atoms with Gasteiger partial charge in [-0.1, -0.05) is 158 Å². The van der Waals surface area contributed by atoms with E-state index in [2.05, 4.69) is 240 Å². The maximum Gasteiger partial charge on any atom is 0.0547 e. The first kappa shape index (κ1) is 33.6. The molecule has 0 aliphatic carbocycles. The minimum Gasteiger partial charge on any atom is -0.310 e. The fourth-order valence-electron chi connectivity index (χ4n) is 8.70. The van der Waals surface area contributed by atoms with Crippen molar-refractivity contribution in [3.8, 4) is 39.1 Å². The normalized spacial score (nSPS) is 11.4. The molecule has 0 N–H and O–H groups in total. The van der Waals surface area contributed by atoms with E-state index in [1.807, 2.05) is 0 Å². The third-order valence-electron chi connectivity index (χ3n) is 11.5. The van der Waals surface area contributed by atoms with E-state index in [1.165, 1.54) is 76.7 Å². The molecule has 11 aromatic rings. The van der Waals surface area contributed by atoms with E-state index in [0.717, 1.165) is 22.7 Å². The highest BCUT2D eigenvalue weighted by Gasteiger charge is 2.18. The zero-order valence-electron chi connectivity index (χ0n) is 31.8. The maximum absolute atomic E-state index is 2.41. The molecule has 272 valence electrons. The van der Waals surface area contributed by atoms with Gasteiger partial charge in [0.1, 0.15) is 0 Å². The Kier molecular flexibility index (Phi) is 8.19. The van der Waals surface area contributed by atoms with Gasteiger partial charge in [0.25, 0.3) is 0 Å². The van der Waals surface area contributed by atoms with Crippen molar-refractivity contribution in [2.24, 2.45) is 0 Å². The quantitative estimate of drug-likeness (QED) is 0.158. The molecule has 0 bridgehead atoms. The van der Waals surface area contributed by atoms with Crippen LogP contribution in [0.2, 0.25) is 0 Å². The fraction of sp³-hybridized carbons (Fsp3) is 0. The van der Waals surface area contributed by atoms with E-state index in [1.54, 1.807) is 0 Å². The van der Waals surface area contributed by atoms with E-state index >= 15 is 0 Å². The molecule has 10 aromatic carbocycles. The summed E-state index contributed by atoms with van der Waals surface area (Å²) in [6, 6.07) is 83.7. The molecule has 2 heteroatoms. The number of hydrogen-bond donors (Lipinski definition) is 0. The number of anilines is 3. The van der Waals surface area contributed by atoms with E-state index in [0.29, 0.717) is 0 Å². The number of hydrogen-bond acceptors (Lipinski definition) is 1. The van der Waals surface area contributed by atoms with Gasteiger partial charge in [0.2, 0.25) is 0 Å². The molecule has 58 heavy (non-hydrogen) atoms. The number of aromatic nitrogens is 1. The average molecular weight is 739 g/mol. The first-order valence-electron chi connectivity index (χ1n) is 19.9. The summed E-state index contributed by atoms with van der Waals surface area (Å²) >= 11 is 0. The minimum atomic E-state index is 1.10. The standard InChI is InChI=1S/C56H38N2/c1-3-14-41(15-4-1)53-38-50(57(47-19-5-2-6-20-47)48-29-25-40(26-30-48)46-24-23-39-13-7-8-16-43(39)35-46)33-34-51(53)42-27-31-49(32-28-42)58-55-22-12-11-21-52(55)54-36-44-17-9-10-18-45(44)37-56(54)58/h1-38H. The first-order valence-corrected chi connectivity index (χ1v) is 19.9. The Morgan fingerprint density at radius 3 is 1.59 bits per heavy atom. The molecule has 0 radical (unpaired) electrons. The van der Waals surface area contributed by atoms with Crippen LogP contribution in [-0.4, -0.2) is 4.57 Å². The molecule has 0 atom stereocenters. The zero-order valence-corrected chi connectivity index (χ0v) is 31.8. The van der Waals surface area contributed by atoms with Crippen LogP contribution >= 0.6 is 0 Å². The van der Waals surface area contributed by atoms with Gasteiger partial charge in [-0.25, -0.2) is 0 Å². The van der Waals surface area contributed by atoms with Crippen LogP contribution in [0.15, 0.2) is 231 Å². The van der Waals surface area contributed by atoms with Crippen molar-refractivity contribution in [3.05, 3.63) is 231 Å². The highest BCUT2D eigenvalue weighted by atomic mass is 15.1. The lowest BCUT2D eigenvalue weighted by atomic mass is 9.93. The molecule has 0 unspecified atom stereocenters. The van der Waals surface area contributed by atoms with Crippen molar-refractivity contribution < 1.29 is 0 Å². The van der Waals surface area contributed by atoms with Gasteiger partial charge in [-0.05, 0) is 128 Å². The highest BCUT2D eigenvalue weighted by Crippen LogP contribution is 2.42. The van der Waals surface area contributed by atoms with Crippen molar-refractivity contribution in [2.75, 3.05) is 4.90 Å². The Morgan fingerprint density at radius 2 is 0.828 bits per heavy atom. The van der Waals surface area contributed by atoms with E-state index in [-0.39, 0.29) is 0 Å². The molecule has 0 saturated heterocycles. The second-order valence-electron chi connectivity index (χ2n) is 15.0. The van der Waals surface area contributed by atoms with Crippen molar-refractivity contribution in [2.45, 2.75) is 0 Å². The third-order valence-corrected chi connectivity index (χ3v) is 11.5. The molecule has 2 nitrogen and oxygen atoms in total. The Hall–Kier alpha value is -7.68. The summed E-state index contributed by atoms with van der Waals surface area (Å²) in [7, 11) is 0. The monoisotopic (exact) mass is 738 g/mol. The molecule has 11 rings (SSSR count). The summed E-state index contributed by atoms with van der Waals surface area (Å²) < 4.78 is 2.41. The molecule has 0 aliphatic rings. The summed E-state index contributed by atoms with van der Waals surface area (Å²) in [4.78, 5) is 2.36. The van der Waals surface area contributed by atoms with Gasteiger partial charge in [0.15, 0.2) is 0 Å². The predicted octanol–water partition coefficient (Wildman–Crippen LogP) is 15.6. The molecule has 0 aliphatic heterocycles. The lowest BCUT2D eigenvalue weighted by Crippen LogP contribution is -2.10. The first-order chi connectivity index (χ1) is 28.7. The van der Waals surface area contributed by atoms with Crippen molar-refractivity contribution in [3.63, 3.8) is 0 Å². The van der Waals surface area contributed by atoms with Crippen molar-refractivity contribution in [1.29, 1.82) is 0 Å². The van der Waals surface area contributed by atoms with Crippen LogP contribution in [0.3, 0.4) is 0 Å². The molecule has 0 amide bonds. The molecule has 1 aromatic heterocycles. The Morgan fingerprint density at radius 1 is 0.276 bits per heavy atom. The summed E-state index contributed by atoms with van der Waals surface area (Å²) in [6.45, 7) is 0. The molecular formula is C56H38N2. The minimum absolute atomic E-state index is 1.10. The lowest BCUT2D eigenvalue weighted by molar-refractivity contribution is 1.18. The number of benzene rings is 10. The fourth-order valence-corrected chi connectivity index (χ4v) is 8.70. The largest absolute Gasteiger partial charge is 0.310 e. The van der Waals surface area contributed by atoms with Gasteiger partial charge in [-0.3, -0.25) is 0 Å². The van der Waals surface area contributed by atoms with Crippen LogP contribution in [0.25, 0.3) is 82.4 Å². The van der Waals surface area contributed by atoms with E-state index in [9.17, 15) is 0 Å². The van der Waals surface area contributed by atoms with Gasteiger partial charge in [-0.15, -0.1) is 0 Å². The zero-order chi connectivity index (χ0) is 38.4. The second kappa shape index (κ2) is 14.1. The number of fused-ring (bicyclic) bond motifs is 5. The lowest BCUT2D eigenvalue weighted by Gasteiger charge is -2.27. The topological polar surface area (TPSA) is 8.17 Å². The van der Waals surface area contributed by atoms with Gasteiger partial charge in [-0.2, -0.15) is 0 Å². The second-order valence-corrected chi connectivity index (χ2v) is 15.0. The third kappa shape index (κ3) is 5.91. The van der Waals surface area contributed by atoms with E-state index < -0.39 is 0 Å². The SMILES string of the molecule is c1ccc(-c2cc(N(c3ccccc3)c3ccc(-c4ccc5ccccc5c4)cc3)ccc2-c2ccc(-n3c4ccccc4c4cc5ccccc5cc43)cc2)cc1. The van der Waals surface area contributed by atoms with Crippen LogP contribution in [0.5, 0.6) is 0 Å². The van der Waals surface area contributed by atoms with Gasteiger partial charge in [0.05, 0.1) is 11.0 Å². The Labute approximate surface area is 338 Å². The van der Waals surface area contributed by atoms with Crippen LogP contribution in [0.1, 0.15) is 0 Å². The van der Waals surface area contributed by atoms with Crippen LogP contribution in [0, 0.1) is 0 Å². The predicted molar refractivity (Wildman–Crippen MR) is 247 cm³/mol. The summed E-state index contributed by atoms with van der Waals surface area (Å²) in [5.74, 6) is 0. The van der Waals surface area contributed by atoms with E-state index in [4.69, 9.17) is 0 Å². The van der Waals surface area contributed by atoms with Crippen molar-refractivity contribution in [1.82, 2.24) is 4.57 Å². The molecular weight excluding hydrogens is 701 g/mol. The molecule has 0 fully saturated rings. The smallest absolute Gasteiger partial charge is 0.0547 e. The van der Waals surface area contributed by atoms with Crippen molar-refractivity contribution >= 4 is 60.4 Å². The van der Waals surface area contributed by atoms with Crippen LogP contribution < -0.4 is 4.90 Å². The maximum atomic E-state index is 2.41. The molecule has 1 heterocycles. The Bertz CT molecular complexity index is 3250. The van der Waals surface area contributed by atoms with Crippen LogP contribution in [-0.2, 0) is 0 Å². The number of para-hydroxylation sites is 2. The summed E-state index contributed by atoms with van der Waals surface area (Å²) in [5.41, 5.74) is 14.0. The number of rotatable bonds is 7. The average Bonchev–Trinajstić information content (AvgIpc) is 3.62. The van der Waals surface area contributed by atoms with Crippen LogP contribution in [0.4, 0.5) is 17.1 Å². The Balaban J connectivity index is 1.01. The number of nitrogens with zero attached hydrogens (tertiary/aromatic N) is 2. The molecule has 0 spiro atoms. The van der Waals surface area contributed by atoms with Gasteiger partial charge >= 0.3 is 0 Å². The summed E-state index contributed by atoms with van der Waals surface area (Å²) in [5, 5.41) is 7.54. The highest BCUT2D eigenvalue weighted by molar-refractivity contribution is 6.13. The van der Waals surface area contributed by atoms with Gasteiger partial charge in [0, 0.05) is 33.5 Å².